The van der Waals surface area contributed by atoms with Crippen LogP contribution in [0.15, 0.2) is 115 Å². The van der Waals surface area contributed by atoms with Gasteiger partial charge in [0, 0.05) is 5.57 Å². The lowest BCUT2D eigenvalue weighted by atomic mass is 10.1. The Morgan fingerprint density at radius 2 is 1.19 bits per heavy atom. The molecule has 1 aliphatic rings. The van der Waals surface area contributed by atoms with Gasteiger partial charge in [0.1, 0.15) is 41.5 Å². The molecule has 0 amide bonds. The van der Waals surface area contributed by atoms with Crippen LogP contribution in [0.5, 0.6) is 28.7 Å². The molecule has 0 saturated carbocycles. The van der Waals surface area contributed by atoms with Crippen molar-refractivity contribution in [1.82, 2.24) is 0 Å². The number of fused-ring (bicyclic) bond motifs is 1. The number of rotatable bonds is 20. The van der Waals surface area contributed by atoms with Crippen molar-refractivity contribution >= 4 is 34.6 Å². The third-order valence-corrected chi connectivity index (χ3v) is 9.13. The monoisotopic (exact) mass is 786 g/mol. The summed E-state index contributed by atoms with van der Waals surface area (Å²) in [5.74, 6) is 0.312. The molecule has 5 aromatic rings. The van der Waals surface area contributed by atoms with Gasteiger partial charge in [0.2, 0.25) is 0 Å². The normalized spacial score (nSPS) is 13.0. The van der Waals surface area contributed by atoms with Crippen LogP contribution in [0.25, 0.3) is 10.8 Å². The molecule has 5 aromatic carbocycles. The molecule has 0 N–H and O–H groups in total. The van der Waals surface area contributed by atoms with Gasteiger partial charge in [-0.1, -0.05) is 32.1 Å². The maximum absolute atomic E-state index is 13.2. The first-order valence-electron chi connectivity index (χ1n) is 19.4. The van der Waals surface area contributed by atoms with Crippen molar-refractivity contribution in [2.24, 2.45) is 0 Å². The zero-order chi connectivity index (χ0) is 40.9. The number of carbonyl (C=O) groups is 4. The Kier molecular flexibility index (Phi) is 14.3. The first kappa shape index (κ1) is 41.2. The van der Waals surface area contributed by atoms with E-state index in [4.69, 9.17) is 33.2 Å². The third-order valence-electron chi connectivity index (χ3n) is 9.13. The number of aryl methyl sites for hydroxylation is 1. The molecule has 1 atom stereocenters. The average Bonchev–Trinajstić information content (AvgIpc) is 4.07. The Morgan fingerprint density at radius 3 is 1.88 bits per heavy atom. The predicted molar refractivity (Wildman–Crippen MR) is 217 cm³/mol. The first-order chi connectivity index (χ1) is 28.1. The fourth-order valence-corrected chi connectivity index (χ4v) is 5.85. The zero-order valence-corrected chi connectivity index (χ0v) is 32.7. The maximum atomic E-state index is 13.2. The van der Waals surface area contributed by atoms with Crippen LogP contribution in [-0.4, -0.2) is 56.4 Å². The van der Waals surface area contributed by atoms with Crippen molar-refractivity contribution in [2.45, 2.75) is 58.5 Å². The lowest BCUT2D eigenvalue weighted by Gasteiger charge is -2.13. The molecule has 0 aromatic heterocycles. The number of benzene rings is 5. The highest BCUT2D eigenvalue weighted by Gasteiger charge is 2.23. The smallest absolute Gasteiger partial charge is 0.343 e. The summed E-state index contributed by atoms with van der Waals surface area (Å²) in [7, 11) is 0. The van der Waals surface area contributed by atoms with Crippen molar-refractivity contribution in [1.29, 1.82) is 0 Å². The van der Waals surface area contributed by atoms with E-state index in [1.54, 1.807) is 61.5 Å². The highest BCUT2D eigenvalue weighted by molar-refractivity contribution is 5.97. The fraction of sp³-hybridized carbons (Fsp3) is 0.277. The summed E-state index contributed by atoms with van der Waals surface area (Å²) in [6.45, 7) is 9.33. The molecule has 1 fully saturated rings. The summed E-state index contributed by atoms with van der Waals surface area (Å²) in [6.07, 6.45) is 5.04. The Balaban J connectivity index is 0.976. The van der Waals surface area contributed by atoms with Crippen molar-refractivity contribution < 1.29 is 52.3 Å². The van der Waals surface area contributed by atoms with Gasteiger partial charge in [0.15, 0.2) is 0 Å². The van der Waals surface area contributed by atoms with Gasteiger partial charge in [0.05, 0.1) is 36.5 Å². The van der Waals surface area contributed by atoms with Gasteiger partial charge in [-0.15, -0.1) is 0 Å². The fourth-order valence-electron chi connectivity index (χ4n) is 5.85. The van der Waals surface area contributed by atoms with Gasteiger partial charge in [-0.25, -0.2) is 19.2 Å². The second-order valence-corrected chi connectivity index (χ2v) is 13.9. The maximum Gasteiger partial charge on any atom is 0.343 e. The molecule has 1 unspecified atom stereocenters. The number of ether oxygens (including phenoxy) is 7. The molecule has 0 spiro atoms. The summed E-state index contributed by atoms with van der Waals surface area (Å²) < 4.78 is 38.8. The minimum Gasteiger partial charge on any atom is -0.494 e. The standard InChI is InChI=1S/C47H46O11/c1-4-9-36-28-41(57-47(51)37-11-10-35-27-40(21-16-34(35)26-37)52-24-7-5-6-8-25-53-44(48)31(2)3)22-23-43(36)58-46(50)33-14-19-39(20-15-33)56-45(49)32-12-17-38(18-13-32)54-29-42-30-55-42/h10-23,26-28,42H,2,4-9,24-25,29-30H2,1,3H3. The third kappa shape index (κ3) is 12.0. The van der Waals surface area contributed by atoms with E-state index >= 15 is 0 Å². The summed E-state index contributed by atoms with van der Waals surface area (Å²) in [5, 5.41) is 1.79. The topological polar surface area (TPSA) is 136 Å². The van der Waals surface area contributed by atoms with Gasteiger partial charge in [-0.05, 0) is 146 Å². The van der Waals surface area contributed by atoms with Crippen LogP contribution < -0.4 is 23.7 Å². The molecule has 1 heterocycles. The summed E-state index contributed by atoms with van der Waals surface area (Å²) in [5.41, 5.74) is 2.12. The minimum absolute atomic E-state index is 0.134. The Labute approximate surface area is 337 Å². The van der Waals surface area contributed by atoms with Gasteiger partial charge < -0.3 is 33.2 Å². The van der Waals surface area contributed by atoms with E-state index in [1.165, 1.54) is 24.3 Å². The van der Waals surface area contributed by atoms with Crippen LogP contribution in [0.2, 0.25) is 0 Å². The molecule has 300 valence electrons. The molecule has 11 nitrogen and oxygen atoms in total. The van der Waals surface area contributed by atoms with Crippen LogP contribution >= 0.6 is 0 Å². The summed E-state index contributed by atoms with van der Waals surface area (Å²) >= 11 is 0. The second-order valence-electron chi connectivity index (χ2n) is 13.9. The molecule has 0 radical (unpaired) electrons. The van der Waals surface area contributed by atoms with E-state index in [9.17, 15) is 19.2 Å². The van der Waals surface area contributed by atoms with Crippen LogP contribution in [-0.2, 0) is 20.7 Å². The molecular weight excluding hydrogens is 741 g/mol. The number of hydrogen-bond donors (Lipinski definition) is 0. The Morgan fingerprint density at radius 1 is 0.621 bits per heavy atom. The zero-order valence-electron chi connectivity index (χ0n) is 32.7. The Bertz CT molecular complexity index is 2240. The van der Waals surface area contributed by atoms with Gasteiger partial charge in [-0.2, -0.15) is 0 Å². The molecule has 11 heteroatoms. The quantitative estimate of drug-likeness (QED) is 0.0246. The summed E-state index contributed by atoms with van der Waals surface area (Å²) in [6, 6.07) is 28.7. The van der Waals surface area contributed by atoms with Gasteiger partial charge >= 0.3 is 23.9 Å². The first-order valence-corrected chi connectivity index (χ1v) is 19.4. The summed E-state index contributed by atoms with van der Waals surface area (Å²) in [4.78, 5) is 50.4. The van der Waals surface area contributed by atoms with Gasteiger partial charge in [0.25, 0.3) is 0 Å². The molecular formula is C47H46O11. The molecule has 6 rings (SSSR count). The number of esters is 4. The lowest BCUT2D eigenvalue weighted by Crippen LogP contribution is -2.12. The van der Waals surface area contributed by atoms with Crippen molar-refractivity contribution in [2.75, 3.05) is 26.4 Å². The molecule has 58 heavy (non-hydrogen) atoms. The molecule has 0 aliphatic carbocycles. The number of carbonyl (C=O) groups excluding carboxylic acids is 4. The van der Waals surface area contributed by atoms with Crippen LogP contribution in [0.4, 0.5) is 0 Å². The van der Waals surface area contributed by atoms with E-state index in [1.807, 2.05) is 31.2 Å². The van der Waals surface area contributed by atoms with E-state index in [0.29, 0.717) is 72.4 Å². The van der Waals surface area contributed by atoms with Crippen LogP contribution in [0, 0.1) is 0 Å². The van der Waals surface area contributed by atoms with Crippen molar-refractivity contribution in [3.63, 3.8) is 0 Å². The average molecular weight is 787 g/mol. The van der Waals surface area contributed by atoms with Crippen molar-refractivity contribution in [3.8, 4) is 28.7 Å². The SMILES string of the molecule is C=C(C)C(=O)OCCCCCCOc1ccc2cc(C(=O)Oc3ccc(OC(=O)c4ccc(OC(=O)c5ccc(OCC6CO6)cc5)cc4)c(CCC)c3)ccc2c1. The minimum atomic E-state index is -0.590. The lowest BCUT2D eigenvalue weighted by molar-refractivity contribution is -0.139. The molecule has 1 saturated heterocycles. The van der Waals surface area contributed by atoms with E-state index < -0.39 is 17.9 Å². The number of hydrogen-bond acceptors (Lipinski definition) is 11. The molecule has 0 bridgehead atoms. The number of unbranched alkanes of at least 4 members (excludes halogenated alkanes) is 3. The highest BCUT2D eigenvalue weighted by atomic mass is 16.6. The second kappa shape index (κ2) is 20.1. The van der Waals surface area contributed by atoms with E-state index in [0.717, 1.165) is 48.6 Å². The van der Waals surface area contributed by atoms with Crippen molar-refractivity contribution in [3.05, 3.63) is 138 Å². The predicted octanol–water partition coefficient (Wildman–Crippen LogP) is 9.29. The Hall–Kier alpha value is -6.46. The highest BCUT2D eigenvalue weighted by Crippen LogP contribution is 2.29. The van der Waals surface area contributed by atoms with Crippen LogP contribution in [0.1, 0.15) is 82.6 Å². The van der Waals surface area contributed by atoms with E-state index in [-0.39, 0.29) is 23.4 Å². The van der Waals surface area contributed by atoms with E-state index in [2.05, 4.69) is 6.58 Å². The number of epoxide rings is 1. The van der Waals surface area contributed by atoms with Crippen LogP contribution in [0.3, 0.4) is 0 Å². The largest absolute Gasteiger partial charge is 0.494 e. The molecule has 1 aliphatic heterocycles. The van der Waals surface area contributed by atoms with Gasteiger partial charge in [-0.3, -0.25) is 0 Å².